The van der Waals surface area contributed by atoms with Gasteiger partial charge in [0.25, 0.3) is 0 Å². The molecule has 4 nitrogen and oxygen atoms in total. The summed E-state index contributed by atoms with van der Waals surface area (Å²) in [6.07, 6.45) is 0.946. The molecule has 0 amide bonds. The molecule has 0 bridgehead atoms. The van der Waals surface area contributed by atoms with Crippen LogP contribution in [0.3, 0.4) is 0 Å². The van der Waals surface area contributed by atoms with Crippen LogP contribution in [0.1, 0.15) is 24.1 Å². The molecule has 0 aliphatic carbocycles. The highest BCUT2D eigenvalue weighted by Crippen LogP contribution is 2.32. The van der Waals surface area contributed by atoms with Crippen molar-refractivity contribution in [1.29, 1.82) is 0 Å². The van der Waals surface area contributed by atoms with Gasteiger partial charge in [0.1, 0.15) is 13.2 Å². The van der Waals surface area contributed by atoms with E-state index in [2.05, 4.69) is 41.8 Å². The Morgan fingerprint density at radius 3 is 2.62 bits per heavy atom. The third kappa shape index (κ3) is 4.38. The Hall–Kier alpha value is -2.27. The van der Waals surface area contributed by atoms with Crippen molar-refractivity contribution in [2.24, 2.45) is 0 Å². The molecule has 1 aliphatic heterocycles. The van der Waals surface area contributed by atoms with Crippen molar-refractivity contribution in [3.8, 4) is 11.5 Å². The number of rotatable bonds is 5. The lowest BCUT2D eigenvalue weighted by atomic mass is 10.1. The van der Waals surface area contributed by atoms with E-state index >= 15 is 0 Å². The first-order chi connectivity index (χ1) is 11.7. The van der Waals surface area contributed by atoms with Crippen molar-refractivity contribution < 1.29 is 9.47 Å². The minimum Gasteiger partial charge on any atom is -0.486 e. The molecule has 0 aromatic heterocycles. The summed E-state index contributed by atoms with van der Waals surface area (Å²) in [7, 11) is 0. The maximum atomic E-state index is 5.63. The van der Waals surface area contributed by atoms with Crippen molar-refractivity contribution in [3.63, 3.8) is 0 Å². The SMILES string of the molecule is C[C@H](NC(=S)NCCc1ccccc1)c1ccc2c(c1)OCCO2. The Morgan fingerprint density at radius 2 is 1.83 bits per heavy atom. The van der Waals surface area contributed by atoms with Gasteiger partial charge in [0.15, 0.2) is 16.6 Å². The lowest BCUT2D eigenvalue weighted by molar-refractivity contribution is 0.171. The molecule has 0 spiro atoms. The van der Waals surface area contributed by atoms with E-state index in [0.29, 0.717) is 18.3 Å². The second-order valence-electron chi connectivity index (χ2n) is 5.76. The predicted octanol–water partition coefficient (Wildman–Crippen LogP) is 3.23. The van der Waals surface area contributed by atoms with E-state index in [9.17, 15) is 0 Å². The Kier molecular flexibility index (Phi) is 5.54. The monoisotopic (exact) mass is 342 g/mol. The van der Waals surface area contributed by atoms with Crippen molar-refractivity contribution in [3.05, 3.63) is 59.7 Å². The molecule has 3 rings (SSSR count). The zero-order chi connectivity index (χ0) is 16.8. The van der Waals surface area contributed by atoms with Gasteiger partial charge in [-0.15, -0.1) is 0 Å². The van der Waals surface area contributed by atoms with Gasteiger partial charge in [-0.3, -0.25) is 0 Å². The molecule has 0 saturated carbocycles. The van der Waals surface area contributed by atoms with E-state index in [0.717, 1.165) is 30.0 Å². The van der Waals surface area contributed by atoms with Crippen LogP contribution < -0.4 is 20.1 Å². The van der Waals surface area contributed by atoms with Crippen LogP contribution in [0, 0.1) is 0 Å². The van der Waals surface area contributed by atoms with E-state index in [4.69, 9.17) is 21.7 Å². The van der Waals surface area contributed by atoms with Crippen LogP contribution in [0.5, 0.6) is 11.5 Å². The quantitative estimate of drug-likeness (QED) is 0.817. The molecule has 1 heterocycles. The molecule has 0 radical (unpaired) electrons. The largest absolute Gasteiger partial charge is 0.486 e. The summed E-state index contributed by atoms with van der Waals surface area (Å²) >= 11 is 5.39. The van der Waals surface area contributed by atoms with E-state index < -0.39 is 0 Å². The van der Waals surface area contributed by atoms with Gasteiger partial charge in [0.2, 0.25) is 0 Å². The molecule has 1 aliphatic rings. The molecular weight excluding hydrogens is 320 g/mol. The highest BCUT2D eigenvalue weighted by molar-refractivity contribution is 7.80. The number of ether oxygens (including phenoxy) is 2. The fourth-order valence-corrected chi connectivity index (χ4v) is 2.90. The van der Waals surface area contributed by atoms with Gasteiger partial charge in [0.05, 0.1) is 6.04 Å². The molecule has 0 unspecified atom stereocenters. The fourth-order valence-electron chi connectivity index (χ4n) is 2.63. The van der Waals surface area contributed by atoms with Crippen molar-refractivity contribution in [2.75, 3.05) is 19.8 Å². The standard InChI is InChI=1S/C19H22N2O2S/c1-14(16-7-8-17-18(13-16)23-12-11-22-17)21-19(24)20-10-9-15-5-3-2-4-6-15/h2-8,13-14H,9-12H2,1H3,(H2,20,21,24)/t14-/m0/s1. The van der Waals surface area contributed by atoms with Gasteiger partial charge in [-0.1, -0.05) is 36.4 Å². The van der Waals surface area contributed by atoms with Crippen molar-refractivity contribution in [1.82, 2.24) is 10.6 Å². The van der Waals surface area contributed by atoms with E-state index in [1.807, 2.05) is 24.3 Å². The number of benzene rings is 2. The molecule has 126 valence electrons. The van der Waals surface area contributed by atoms with E-state index in [1.54, 1.807) is 0 Å². The highest BCUT2D eigenvalue weighted by atomic mass is 32.1. The Bertz CT molecular complexity index is 691. The summed E-state index contributed by atoms with van der Waals surface area (Å²) in [6.45, 7) is 4.09. The number of hydrogen-bond acceptors (Lipinski definition) is 3. The molecule has 2 aromatic rings. The third-order valence-electron chi connectivity index (χ3n) is 3.96. The van der Waals surface area contributed by atoms with E-state index in [1.165, 1.54) is 5.56 Å². The van der Waals surface area contributed by atoms with Gasteiger partial charge in [-0.2, -0.15) is 0 Å². The highest BCUT2D eigenvalue weighted by Gasteiger charge is 2.14. The second kappa shape index (κ2) is 8.02. The van der Waals surface area contributed by atoms with E-state index in [-0.39, 0.29) is 6.04 Å². The Morgan fingerprint density at radius 1 is 1.08 bits per heavy atom. The topological polar surface area (TPSA) is 42.5 Å². The second-order valence-corrected chi connectivity index (χ2v) is 6.17. The normalized spacial score (nSPS) is 13.9. The van der Waals surface area contributed by atoms with Gasteiger partial charge < -0.3 is 20.1 Å². The molecule has 0 fully saturated rings. The summed E-state index contributed by atoms with van der Waals surface area (Å²) in [5.41, 5.74) is 2.42. The van der Waals surface area contributed by atoms with Gasteiger partial charge in [-0.25, -0.2) is 0 Å². The smallest absolute Gasteiger partial charge is 0.166 e. The summed E-state index contributed by atoms with van der Waals surface area (Å²) in [5.74, 6) is 1.61. The van der Waals surface area contributed by atoms with Crippen LogP contribution in [-0.2, 0) is 6.42 Å². The van der Waals surface area contributed by atoms with Gasteiger partial charge >= 0.3 is 0 Å². The van der Waals surface area contributed by atoms with Crippen LogP contribution in [0.2, 0.25) is 0 Å². The number of nitrogens with one attached hydrogen (secondary N) is 2. The predicted molar refractivity (Wildman–Crippen MR) is 99.7 cm³/mol. The fraction of sp³-hybridized carbons (Fsp3) is 0.316. The van der Waals surface area contributed by atoms with Crippen LogP contribution in [0.25, 0.3) is 0 Å². The summed E-state index contributed by atoms with van der Waals surface area (Å²) < 4.78 is 11.2. The molecule has 0 saturated heterocycles. The van der Waals surface area contributed by atoms with Crippen LogP contribution in [0.15, 0.2) is 48.5 Å². The summed E-state index contributed by atoms with van der Waals surface area (Å²) in [6, 6.07) is 16.5. The maximum absolute atomic E-state index is 5.63. The number of hydrogen-bond donors (Lipinski definition) is 2. The Balaban J connectivity index is 1.49. The zero-order valence-corrected chi connectivity index (χ0v) is 14.6. The van der Waals surface area contributed by atoms with Crippen LogP contribution in [0.4, 0.5) is 0 Å². The summed E-state index contributed by atoms with van der Waals surface area (Å²) in [5, 5.41) is 7.23. The lowest BCUT2D eigenvalue weighted by Crippen LogP contribution is -2.37. The number of fused-ring (bicyclic) bond motifs is 1. The molecule has 2 N–H and O–H groups in total. The first-order valence-corrected chi connectivity index (χ1v) is 8.61. The lowest BCUT2D eigenvalue weighted by Gasteiger charge is -2.22. The minimum absolute atomic E-state index is 0.0950. The zero-order valence-electron chi connectivity index (χ0n) is 13.7. The molecule has 1 atom stereocenters. The molecule has 24 heavy (non-hydrogen) atoms. The molecule has 2 aromatic carbocycles. The van der Waals surface area contributed by atoms with Crippen molar-refractivity contribution in [2.45, 2.75) is 19.4 Å². The first-order valence-electron chi connectivity index (χ1n) is 8.20. The minimum atomic E-state index is 0.0950. The number of thiocarbonyl (C=S) groups is 1. The van der Waals surface area contributed by atoms with Gasteiger partial charge in [0, 0.05) is 6.54 Å². The maximum Gasteiger partial charge on any atom is 0.166 e. The average Bonchev–Trinajstić information content (AvgIpc) is 2.62. The average molecular weight is 342 g/mol. The van der Waals surface area contributed by atoms with Crippen molar-refractivity contribution >= 4 is 17.3 Å². The van der Waals surface area contributed by atoms with Crippen LogP contribution in [-0.4, -0.2) is 24.9 Å². The third-order valence-corrected chi connectivity index (χ3v) is 4.22. The Labute approximate surface area is 148 Å². The first kappa shape index (κ1) is 16.6. The van der Waals surface area contributed by atoms with Crippen LogP contribution >= 0.6 is 12.2 Å². The molecule has 5 heteroatoms. The van der Waals surface area contributed by atoms with Gasteiger partial charge in [-0.05, 0) is 48.8 Å². The summed E-state index contributed by atoms with van der Waals surface area (Å²) in [4.78, 5) is 0. The molecular formula is C19H22N2O2S.